The molecule has 282 valence electrons. The van der Waals surface area contributed by atoms with E-state index in [1.165, 1.54) is 73.8 Å². The Morgan fingerprint density at radius 3 is 1.66 bits per heavy atom. The van der Waals surface area contributed by atoms with Crippen molar-refractivity contribution >= 4 is 82.2 Å². The van der Waals surface area contributed by atoms with Gasteiger partial charge in [0, 0.05) is 15.7 Å². The number of carbonyl (C=O) groups excluding carboxylic acids is 2. The lowest BCUT2D eigenvalue weighted by Crippen LogP contribution is -2.39. The zero-order valence-corrected chi connectivity index (χ0v) is 31.7. The maximum Gasteiger partial charge on any atom is 0.264 e. The molecule has 53 heavy (non-hydrogen) atoms. The number of thiocarbonyl (C=S) groups is 1. The summed E-state index contributed by atoms with van der Waals surface area (Å²) in [5.41, 5.74) is 11.1. The van der Waals surface area contributed by atoms with E-state index in [0.717, 1.165) is 8.61 Å². The Balaban J connectivity index is 1.64. The predicted octanol–water partition coefficient (Wildman–Crippen LogP) is 2.45. The molecule has 0 saturated carbocycles. The van der Waals surface area contributed by atoms with Crippen molar-refractivity contribution < 1.29 is 44.8 Å². The second-order valence-corrected chi connectivity index (χ2v) is 16.5. The number of hydrogen-bond acceptors (Lipinski definition) is 12. The highest BCUT2D eigenvalue weighted by Crippen LogP contribution is 2.38. The molecule has 4 N–H and O–H groups in total. The maximum atomic E-state index is 14.1. The molecular weight excluding hydrogens is 767 g/mol. The number of nitrogens with two attached hydrogens (primary N) is 2. The summed E-state index contributed by atoms with van der Waals surface area (Å²) in [6.07, 6.45) is 0. The zero-order valence-electron chi connectivity index (χ0n) is 28.5. The number of isothiocyanates is 1. The smallest absolute Gasteiger partial charge is 0.264 e. The van der Waals surface area contributed by atoms with Crippen LogP contribution >= 0.6 is 12.2 Å². The van der Waals surface area contributed by atoms with Gasteiger partial charge in [-0.3, -0.25) is 22.4 Å². The summed E-state index contributed by atoms with van der Waals surface area (Å²) < 4.78 is 86.5. The molecule has 1 unspecified atom stereocenters. The van der Waals surface area contributed by atoms with Crippen LogP contribution in [0.15, 0.2) is 105 Å². The van der Waals surface area contributed by atoms with Gasteiger partial charge in [0.05, 0.1) is 83.0 Å². The van der Waals surface area contributed by atoms with Gasteiger partial charge >= 0.3 is 0 Å². The third-order valence-electron chi connectivity index (χ3n) is 7.53. The summed E-state index contributed by atoms with van der Waals surface area (Å²) in [6, 6.07) is 19.8. The Morgan fingerprint density at radius 2 is 1.21 bits per heavy atom. The highest BCUT2D eigenvalue weighted by atomic mass is 32.2. The zero-order chi connectivity index (χ0) is 38.6. The largest absolute Gasteiger partial charge is 0.497 e. The van der Waals surface area contributed by atoms with E-state index >= 15 is 0 Å². The molecule has 4 rings (SSSR count). The summed E-state index contributed by atoms with van der Waals surface area (Å²) in [6.45, 7) is 0.0381. The molecule has 4 aromatic rings. The fraction of sp³-hybridized carbons (Fsp3) is 0.265. The van der Waals surface area contributed by atoms with Gasteiger partial charge in [-0.2, -0.15) is 0 Å². The highest BCUT2D eigenvalue weighted by Gasteiger charge is 2.32. The van der Waals surface area contributed by atoms with E-state index < -0.39 is 55.8 Å². The van der Waals surface area contributed by atoms with Crippen LogP contribution in [0.3, 0.4) is 0 Å². The van der Waals surface area contributed by atoms with E-state index in [4.69, 9.17) is 25.7 Å². The molecule has 0 aromatic heterocycles. The van der Waals surface area contributed by atoms with Gasteiger partial charge in [0.25, 0.3) is 20.0 Å². The van der Waals surface area contributed by atoms with Crippen molar-refractivity contribution in [2.45, 2.75) is 14.7 Å². The van der Waals surface area contributed by atoms with Gasteiger partial charge in [-0.25, -0.2) is 21.8 Å². The highest BCUT2D eigenvalue weighted by molar-refractivity contribution is 7.93. The molecule has 1 atom stereocenters. The molecule has 0 radical (unpaired) electrons. The summed E-state index contributed by atoms with van der Waals surface area (Å²) in [5.74, 6) is -1.35. The molecule has 0 heterocycles. The summed E-state index contributed by atoms with van der Waals surface area (Å²) in [5, 5.41) is 2.69. The molecule has 0 aliphatic heterocycles. The maximum absolute atomic E-state index is 14.1. The van der Waals surface area contributed by atoms with Crippen LogP contribution in [0.2, 0.25) is 0 Å². The number of methoxy groups -OCH3 is 1. The van der Waals surface area contributed by atoms with Crippen molar-refractivity contribution in [3.63, 3.8) is 0 Å². The molecule has 0 aliphatic rings. The lowest BCUT2D eigenvalue weighted by atomic mass is 10.1. The molecular formula is C34H37N5O10S4. The van der Waals surface area contributed by atoms with Crippen molar-refractivity contribution in [2.24, 2.45) is 16.5 Å². The Morgan fingerprint density at radius 1 is 0.736 bits per heavy atom. The first kappa shape index (κ1) is 41.0. The number of rotatable bonds is 21. The Kier molecular flexibility index (Phi) is 14.6. The molecule has 0 fully saturated rings. The van der Waals surface area contributed by atoms with Crippen LogP contribution in [-0.2, 0) is 49.9 Å². The third kappa shape index (κ3) is 10.4. The summed E-state index contributed by atoms with van der Waals surface area (Å²) in [4.78, 5) is 28.2. The van der Waals surface area contributed by atoms with Crippen molar-refractivity contribution in [1.82, 2.24) is 0 Å². The van der Waals surface area contributed by atoms with Crippen LogP contribution in [-0.4, -0.2) is 96.9 Å². The molecule has 4 aromatic carbocycles. The standard InChI is InChI=1S/C34H37N5O10S4/c1-47-25-6-10-27(11-7-25)52(43,44)38(22-33(35)40)31-14-15-32(30-5-3-2-4-29(30)31)39(23-34(36)41)53(45,46)28-12-8-26(9-13-28)51(42)21-20-49-19-18-48-17-16-37-24-50/h2-15H,16-23H2,1H3,(H2,35,40)(H2,36,41). The van der Waals surface area contributed by atoms with Gasteiger partial charge < -0.3 is 25.7 Å². The fourth-order valence-electron chi connectivity index (χ4n) is 5.08. The average Bonchev–Trinajstić information content (AvgIpc) is 3.15. The van der Waals surface area contributed by atoms with Crippen LogP contribution in [0.25, 0.3) is 10.8 Å². The van der Waals surface area contributed by atoms with E-state index in [2.05, 4.69) is 22.4 Å². The number of anilines is 2. The first-order valence-corrected chi connectivity index (χ1v) is 20.4. The van der Waals surface area contributed by atoms with E-state index in [1.807, 2.05) is 0 Å². The lowest BCUT2D eigenvalue weighted by Gasteiger charge is -2.28. The van der Waals surface area contributed by atoms with Gasteiger partial charge in [-0.1, -0.05) is 24.3 Å². The van der Waals surface area contributed by atoms with Gasteiger partial charge in [-0.15, -0.1) is 0 Å². The minimum absolute atomic E-state index is 0.00393. The van der Waals surface area contributed by atoms with E-state index in [-0.39, 0.29) is 50.9 Å². The first-order chi connectivity index (χ1) is 25.3. The summed E-state index contributed by atoms with van der Waals surface area (Å²) >= 11 is 4.48. The number of amides is 2. The Bertz CT molecular complexity index is 2210. The number of carbonyl (C=O) groups is 2. The quantitative estimate of drug-likeness (QED) is 0.0708. The van der Waals surface area contributed by atoms with Gasteiger partial charge in [-0.05, 0) is 72.9 Å². The van der Waals surface area contributed by atoms with E-state index in [0.29, 0.717) is 30.4 Å². The van der Waals surface area contributed by atoms with Crippen LogP contribution in [0.5, 0.6) is 5.75 Å². The second-order valence-electron chi connectivity index (χ2n) is 11.0. The number of aliphatic imine (C=N–C) groups is 1. The fourth-order valence-corrected chi connectivity index (χ4v) is 9.02. The van der Waals surface area contributed by atoms with Gasteiger partial charge in [0.1, 0.15) is 18.8 Å². The normalized spacial score (nSPS) is 12.1. The minimum Gasteiger partial charge on any atom is -0.497 e. The van der Waals surface area contributed by atoms with Gasteiger partial charge in [0.15, 0.2) is 0 Å². The predicted molar refractivity (Wildman–Crippen MR) is 204 cm³/mol. The Labute approximate surface area is 315 Å². The van der Waals surface area contributed by atoms with Crippen LogP contribution < -0.4 is 24.8 Å². The van der Waals surface area contributed by atoms with Crippen molar-refractivity contribution in [3.8, 4) is 5.75 Å². The van der Waals surface area contributed by atoms with Crippen molar-refractivity contribution in [3.05, 3.63) is 84.9 Å². The average molecular weight is 804 g/mol. The molecule has 19 heteroatoms. The lowest BCUT2D eigenvalue weighted by molar-refractivity contribution is -0.117. The third-order valence-corrected chi connectivity index (χ3v) is 12.5. The molecule has 0 aliphatic carbocycles. The molecule has 0 spiro atoms. The van der Waals surface area contributed by atoms with E-state index in [1.54, 1.807) is 18.2 Å². The van der Waals surface area contributed by atoms with Crippen LogP contribution in [0.4, 0.5) is 11.4 Å². The van der Waals surface area contributed by atoms with E-state index in [9.17, 15) is 30.6 Å². The molecule has 2 amide bonds. The molecule has 0 bridgehead atoms. The second kappa shape index (κ2) is 18.8. The van der Waals surface area contributed by atoms with Gasteiger partial charge in [0.2, 0.25) is 11.8 Å². The SMILES string of the molecule is COc1ccc(S(=O)(=O)N(CC(N)=O)c2ccc(N(CC(N)=O)S(=O)(=O)c3ccc(S(=O)CCOCCOCCN=C=S)cc3)c3ccccc23)cc1. The monoisotopic (exact) mass is 803 g/mol. The summed E-state index contributed by atoms with van der Waals surface area (Å²) in [7, 11) is -8.97. The topological polar surface area (TPSA) is 218 Å². The number of nitrogens with zero attached hydrogens (tertiary/aromatic N) is 3. The van der Waals surface area contributed by atoms with Crippen molar-refractivity contribution in [2.75, 3.05) is 67.5 Å². The minimum atomic E-state index is -4.49. The molecule has 0 saturated heterocycles. The number of fused-ring (bicyclic) bond motifs is 1. The number of benzene rings is 4. The van der Waals surface area contributed by atoms with Crippen LogP contribution in [0.1, 0.15) is 0 Å². The van der Waals surface area contributed by atoms with Crippen molar-refractivity contribution in [1.29, 1.82) is 0 Å². The number of primary amides is 2. The number of ether oxygens (including phenoxy) is 3. The molecule has 15 nitrogen and oxygen atoms in total. The Hall–Kier alpha value is -4.75. The number of hydrogen-bond donors (Lipinski definition) is 2. The first-order valence-electron chi connectivity index (χ1n) is 15.8. The van der Waals surface area contributed by atoms with Crippen LogP contribution in [0, 0.1) is 0 Å². The number of sulfonamides is 2.